The van der Waals surface area contributed by atoms with Crippen molar-refractivity contribution < 1.29 is 23.5 Å². The zero-order valence-electron chi connectivity index (χ0n) is 19.3. The van der Waals surface area contributed by atoms with E-state index in [-0.39, 0.29) is 11.9 Å². The van der Waals surface area contributed by atoms with Crippen LogP contribution in [0.15, 0.2) is 64.3 Å². The first-order valence-electron chi connectivity index (χ1n) is 10.8. The first kappa shape index (κ1) is 22.9. The van der Waals surface area contributed by atoms with Crippen molar-refractivity contribution in [2.24, 2.45) is 5.10 Å². The molecular weight excluding hydrogens is 436 g/mol. The molecule has 2 aromatic carbocycles. The second-order valence-corrected chi connectivity index (χ2v) is 7.58. The lowest BCUT2D eigenvalue weighted by Crippen LogP contribution is -2.35. The molecule has 0 radical (unpaired) electrons. The van der Waals surface area contributed by atoms with Crippen LogP contribution in [0.25, 0.3) is 0 Å². The van der Waals surface area contributed by atoms with Gasteiger partial charge in [0.25, 0.3) is 5.91 Å². The molecule has 0 spiro atoms. The standard InChI is InChI=1S/C25H26N4O5/c1-26-25(31)29-11-10-18-13-21(32-2)22(33-3)14-20(18)23(28-29)16-6-8-17(9-7-16)24(30)27-15-19-5-4-12-34-19/h4-9,12-14H,10-11,15H2,1-3H3,(H,26,31)(H,27,30). The quantitative estimate of drug-likeness (QED) is 0.585. The van der Waals surface area contributed by atoms with Crippen molar-refractivity contribution in [3.8, 4) is 11.5 Å². The Morgan fingerprint density at radius 1 is 1.09 bits per heavy atom. The van der Waals surface area contributed by atoms with Gasteiger partial charge in [0.05, 0.1) is 39.3 Å². The summed E-state index contributed by atoms with van der Waals surface area (Å²) in [5.74, 6) is 1.63. The van der Waals surface area contributed by atoms with Gasteiger partial charge in [-0.1, -0.05) is 12.1 Å². The molecule has 9 nitrogen and oxygen atoms in total. The Balaban J connectivity index is 1.67. The maximum absolute atomic E-state index is 12.5. The van der Waals surface area contributed by atoms with Crippen molar-refractivity contribution in [3.63, 3.8) is 0 Å². The molecule has 0 saturated heterocycles. The first-order valence-corrected chi connectivity index (χ1v) is 10.8. The Kier molecular flexibility index (Phi) is 6.82. The number of hydrogen-bond donors (Lipinski definition) is 2. The second-order valence-electron chi connectivity index (χ2n) is 7.58. The maximum atomic E-state index is 12.5. The monoisotopic (exact) mass is 462 g/mol. The van der Waals surface area contributed by atoms with E-state index in [0.717, 1.165) is 16.7 Å². The number of carbonyl (C=O) groups excluding carboxylic acids is 2. The van der Waals surface area contributed by atoms with Crippen LogP contribution in [0.1, 0.15) is 32.8 Å². The van der Waals surface area contributed by atoms with E-state index in [9.17, 15) is 9.59 Å². The number of nitrogens with one attached hydrogen (secondary N) is 2. The molecule has 0 aliphatic carbocycles. The molecule has 4 rings (SSSR count). The average Bonchev–Trinajstić information content (AvgIpc) is 3.33. The van der Waals surface area contributed by atoms with Gasteiger partial charge in [0.15, 0.2) is 11.5 Å². The maximum Gasteiger partial charge on any atom is 0.337 e. The number of urea groups is 1. The van der Waals surface area contributed by atoms with Gasteiger partial charge in [0, 0.05) is 23.7 Å². The van der Waals surface area contributed by atoms with Crippen LogP contribution in [0.5, 0.6) is 11.5 Å². The fourth-order valence-corrected chi connectivity index (χ4v) is 3.75. The fourth-order valence-electron chi connectivity index (χ4n) is 3.75. The number of amides is 3. The molecule has 1 aromatic heterocycles. The Morgan fingerprint density at radius 3 is 2.47 bits per heavy atom. The van der Waals surface area contributed by atoms with E-state index in [2.05, 4.69) is 15.7 Å². The molecule has 2 N–H and O–H groups in total. The summed E-state index contributed by atoms with van der Waals surface area (Å²) in [7, 11) is 4.73. The molecule has 9 heteroatoms. The molecule has 176 valence electrons. The number of methoxy groups -OCH3 is 2. The lowest BCUT2D eigenvalue weighted by molar-refractivity contribution is 0.0948. The van der Waals surface area contributed by atoms with Crippen molar-refractivity contribution in [3.05, 3.63) is 82.8 Å². The smallest absolute Gasteiger partial charge is 0.337 e. The van der Waals surface area contributed by atoms with Gasteiger partial charge < -0.3 is 24.5 Å². The van der Waals surface area contributed by atoms with Crippen LogP contribution in [0.2, 0.25) is 0 Å². The third-order valence-corrected chi connectivity index (χ3v) is 5.55. The minimum absolute atomic E-state index is 0.218. The zero-order valence-corrected chi connectivity index (χ0v) is 19.3. The number of fused-ring (bicyclic) bond motifs is 1. The number of ether oxygens (including phenoxy) is 2. The summed E-state index contributed by atoms with van der Waals surface area (Å²) in [6, 6.07) is 14.1. The topological polar surface area (TPSA) is 105 Å². The molecule has 3 aromatic rings. The van der Waals surface area contributed by atoms with E-state index < -0.39 is 0 Å². The number of rotatable bonds is 6. The Labute approximate surface area is 197 Å². The van der Waals surface area contributed by atoms with Crippen LogP contribution < -0.4 is 20.1 Å². The second kappa shape index (κ2) is 10.1. The summed E-state index contributed by atoms with van der Waals surface area (Å²) in [5, 5.41) is 11.5. The van der Waals surface area contributed by atoms with Crippen molar-refractivity contribution in [2.45, 2.75) is 13.0 Å². The molecule has 2 heterocycles. The average molecular weight is 463 g/mol. The normalized spacial score (nSPS) is 12.8. The number of nitrogens with zero attached hydrogens (tertiary/aromatic N) is 2. The summed E-state index contributed by atoms with van der Waals surface area (Å²) in [5.41, 5.74) is 3.66. The molecule has 0 unspecified atom stereocenters. The Morgan fingerprint density at radius 2 is 1.82 bits per heavy atom. The van der Waals surface area contributed by atoms with Gasteiger partial charge in [-0.15, -0.1) is 0 Å². The highest BCUT2D eigenvalue weighted by Gasteiger charge is 2.24. The van der Waals surface area contributed by atoms with Crippen LogP contribution >= 0.6 is 0 Å². The number of furan rings is 1. The summed E-state index contributed by atoms with van der Waals surface area (Å²) in [6.07, 6.45) is 2.15. The van der Waals surface area contributed by atoms with E-state index in [1.54, 1.807) is 51.8 Å². The molecular formula is C25H26N4O5. The van der Waals surface area contributed by atoms with Crippen molar-refractivity contribution >= 4 is 17.6 Å². The largest absolute Gasteiger partial charge is 0.493 e. The summed E-state index contributed by atoms with van der Waals surface area (Å²) in [4.78, 5) is 24.9. The SMILES string of the molecule is CNC(=O)N1CCc2cc(OC)c(OC)cc2C(c2ccc(C(=O)NCc3ccco3)cc2)=N1. The van der Waals surface area contributed by atoms with Crippen molar-refractivity contribution in [2.75, 3.05) is 27.8 Å². The van der Waals surface area contributed by atoms with Crippen LogP contribution in [0.4, 0.5) is 4.79 Å². The van der Waals surface area contributed by atoms with Crippen LogP contribution in [0.3, 0.4) is 0 Å². The van der Waals surface area contributed by atoms with Gasteiger partial charge in [-0.25, -0.2) is 9.80 Å². The highest BCUT2D eigenvalue weighted by atomic mass is 16.5. The lowest BCUT2D eigenvalue weighted by Gasteiger charge is -2.16. The number of carbonyl (C=O) groups is 2. The van der Waals surface area contributed by atoms with Crippen molar-refractivity contribution in [1.82, 2.24) is 15.6 Å². The van der Waals surface area contributed by atoms with E-state index in [1.807, 2.05) is 24.3 Å². The lowest BCUT2D eigenvalue weighted by atomic mass is 9.95. The predicted molar refractivity (Wildman–Crippen MR) is 126 cm³/mol. The van der Waals surface area contributed by atoms with Gasteiger partial charge >= 0.3 is 6.03 Å². The highest BCUT2D eigenvalue weighted by molar-refractivity contribution is 6.14. The molecule has 0 bridgehead atoms. The van der Waals surface area contributed by atoms with E-state index in [4.69, 9.17) is 13.9 Å². The molecule has 34 heavy (non-hydrogen) atoms. The van der Waals surface area contributed by atoms with Crippen LogP contribution in [0, 0.1) is 0 Å². The van der Waals surface area contributed by atoms with Gasteiger partial charge in [-0.3, -0.25) is 4.79 Å². The molecule has 1 aliphatic rings. The van der Waals surface area contributed by atoms with Gasteiger partial charge in [-0.2, -0.15) is 5.10 Å². The third-order valence-electron chi connectivity index (χ3n) is 5.55. The van der Waals surface area contributed by atoms with E-state index >= 15 is 0 Å². The minimum atomic E-state index is -0.307. The van der Waals surface area contributed by atoms with Gasteiger partial charge in [0.1, 0.15) is 5.76 Å². The van der Waals surface area contributed by atoms with Gasteiger partial charge in [-0.05, 0) is 48.4 Å². The van der Waals surface area contributed by atoms with E-state index in [0.29, 0.717) is 48.0 Å². The van der Waals surface area contributed by atoms with E-state index in [1.165, 1.54) is 5.01 Å². The molecule has 0 fully saturated rings. The Hall–Kier alpha value is -4.27. The molecule has 0 atom stereocenters. The third kappa shape index (κ3) is 4.73. The molecule has 3 amide bonds. The summed E-state index contributed by atoms with van der Waals surface area (Å²) < 4.78 is 16.2. The predicted octanol–water partition coefficient (Wildman–Crippen LogP) is 3.18. The number of hydrogen-bond acceptors (Lipinski definition) is 6. The minimum Gasteiger partial charge on any atom is -0.493 e. The Bertz CT molecular complexity index is 1200. The highest BCUT2D eigenvalue weighted by Crippen LogP contribution is 2.33. The summed E-state index contributed by atoms with van der Waals surface area (Å²) in [6.45, 7) is 0.704. The van der Waals surface area contributed by atoms with Crippen LogP contribution in [-0.4, -0.2) is 50.5 Å². The number of benzene rings is 2. The molecule has 0 saturated carbocycles. The van der Waals surface area contributed by atoms with Crippen LogP contribution in [-0.2, 0) is 13.0 Å². The first-order chi connectivity index (χ1) is 16.5. The zero-order chi connectivity index (χ0) is 24.1. The fraction of sp³-hybridized carbons (Fsp3) is 0.240. The molecule has 1 aliphatic heterocycles. The number of hydrazone groups is 1. The summed E-state index contributed by atoms with van der Waals surface area (Å²) >= 11 is 0. The van der Waals surface area contributed by atoms with Crippen molar-refractivity contribution in [1.29, 1.82) is 0 Å². The van der Waals surface area contributed by atoms with Gasteiger partial charge in [0.2, 0.25) is 0 Å².